The third-order valence-corrected chi connectivity index (χ3v) is 2.66. The smallest absolute Gasteiger partial charge is 0.124 e. The van der Waals surface area contributed by atoms with E-state index in [4.69, 9.17) is 10.5 Å². The highest BCUT2D eigenvalue weighted by Crippen LogP contribution is 2.31. The first-order valence-electron chi connectivity index (χ1n) is 4.27. The van der Waals surface area contributed by atoms with E-state index in [2.05, 4.69) is 22.5 Å². The van der Waals surface area contributed by atoms with Crippen LogP contribution in [-0.2, 0) is 5.54 Å². The van der Waals surface area contributed by atoms with Crippen LogP contribution in [0, 0.1) is 0 Å². The third kappa shape index (κ3) is 2.16. The standard InChI is InChI=1S/C11H14BrNO/c1-4-11(2,13)9-7-8(12)5-6-10(9)14-3/h4-7H,1,13H2,2-3H3/t11-/m1/s1. The highest BCUT2D eigenvalue weighted by molar-refractivity contribution is 9.10. The lowest BCUT2D eigenvalue weighted by molar-refractivity contribution is 0.400. The molecule has 0 spiro atoms. The van der Waals surface area contributed by atoms with Crippen LogP contribution in [0.1, 0.15) is 12.5 Å². The number of methoxy groups -OCH3 is 1. The fourth-order valence-electron chi connectivity index (χ4n) is 1.21. The minimum Gasteiger partial charge on any atom is -0.496 e. The zero-order valence-electron chi connectivity index (χ0n) is 8.38. The summed E-state index contributed by atoms with van der Waals surface area (Å²) in [4.78, 5) is 0. The summed E-state index contributed by atoms with van der Waals surface area (Å²) in [5.74, 6) is 0.776. The molecule has 0 amide bonds. The molecule has 0 heterocycles. The van der Waals surface area contributed by atoms with Crippen LogP contribution in [0.3, 0.4) is 0 Å². The van der Waals surface area contributed by atoms with Gasteiger partial charge in [-0.2, -0.15) is 0 Å². The van der Waals surface area contributed by atoms with Crippen molar-refractivity contribution in [3.63, 3.8) is 0 Å². The maximum absolute atomic E-state index is 6.06. The molecule has 1 atom stereocenters. The summed E-state index contributed by atoms with van der Waals surface area (Å²) in [5, 5.41) is 0. The molecule has 0 aliphatic rings. The molecule has 1 aromatic rings. The van der Waals surface area contributed by atoms with Gasteiger partial charge in [0.2, 0.25) is 0 Å². The van der Waals surface area contributed by atoms with Crippen LogP contribution in [-0.4, -0.2) is 7.11 Å². The second-order valence-corrected chi connectivity index (χ2v) is 4.25. The number of rotatable bonds is 3. The van der Waals surface area contributed by atoms with Gasteiger partial charge >= 0.3 is 0 Å². The number of hydrogen-bond donors (Lipinski definition) is 1. The van der Waals surface area contributed by atoms with Crippen molar-refractivity contribution in [3.05, 3.63) is 40.9 Å². The van der Waals surface area contributed by atoms with Gasteiger partial charge in [0, 0.05) is 10.0 Å². The Morgan fingerprint density at radius 2 is 2.21 bits per heavy atom. The second kappa shape index (κ2) is 4.15. The van der Waals surface area contributed by atoms with E-state index in [1.54, 1.807) is 13.2 Å². The zero-order chi connectivity index (χ0) is 10.8. The van der Waals surface area contributed by atoms with Crippen molar-refractivity contribution >= 4 is 15.9 Å². The fourth-order valence-corrected chi connectivity index (χ4v) is 1.57. The van der Waals surface area contributed by atoms with Gasteiger partial charge in [0.05, 0.1) is 12.6 Å². The van der Waals surface area contributed by atoms with E-state index in [1.165, 1.54) is 0 Å². The van der Waals surface area contributed by atoms with Crippen molar-refractivity contribution in [2.75, 3.05) is 7.11 Å². The molecule has 14 heavy (non-hydrogen) atoms. The van der Waals surface area contributed by atoms with Crippen LogP contribution >= 0.6 is 15.9 Å². The molecule has 0 fully saturated rings. The molecule has 0 radical (unpaired) electrons. The third-order valence-electron chi connectivity index (χ3n) is 2.17. The molecule has 2 N–H and O–H groups in total. The Hall–Kier alpha value is -0.800. The summed E-state index contributed by atoms with van der Waals surface area (Å²) in [7, 11) is 1.63. The summed E-state index contributed by atoms with van der Waals surface area (Å²) in [6, 6.07) is 5.75. The van der Waals surface area contributed by atoms with Gasteiger partial charge in [0.25, 0.3) is 0 Å². The first-order chi connectivity index (χ1) is 6.51. The molecule has 0 saturated heterocycles. The van der Waals surface area contributed by atoms with Crippen LogP contribution < -0.4 is 10.5 Å². The van der Waals surface area contributed by atoms with Gasteiger partial charge in [0.1, 0.15) is 5.75 Å². The molecule has 0 saturated carbocycles. The average Bonchev–Trinajstić information content (AvgIpc) is 2.18. The first kappa shape index (κ1) is 11.3. The predicted molar refractivity (Wildman–Crippen MR) is 62.4 cm³/mol. The summed E-state index contributed by atoms with van der Waals surface area (Å²) in [5.41, 5.74) is 6.41. The quantitative estimate of drug-likeness (QED) is 0.844. The normalized spacial score (nSPS) is 14.6. The average molecular weight is 256 g/mol. The van der Waals surface area contributed by atoms with E-state index in [-0.39, 0.29) is 0 Å². The molecule has 76 valence electrons. The molecule has 0 unspecified atom stereocenters. The predicted octanol–water partition coefficient (Wildman–Crippen LogP) is 2.82. The van der Waals surface area contributed by atoms with E-state index >= 15 is 0 Å². The largest absolute Gasteiger partial charge is 0.496 e. The van der Waals surface area contributed by atoms with Crippen LogP contribution in [0.4, 0.5) is 0 Å². The maximum Gasteiger partial charge on any atom is 0.124 e. The molecular formula is C11H14BrNO. The van der Waals surface area contributed by atoms with Crippen LogP contribution in [0.5, 0.6) is 5.75 Å². The second-order valence-electron chi connectivity index (χ2n) is 3.33. The first-order valence-corrected chi connectivity index (χ1v) is 5.07. The summed E-state index contributed by atoms with van der Waals surface area (Å²) < 4.78 is 6.22. The Morgan fingerprint density at radius 3 is 2.71 bits per heavy atom. The zero-order valence-corrected chi connectivity index (χ0v) is 9.97. The molecule has 0 aliphatic carbocycles. The van der Waals surface area contributed by atoms with E-state index in [0.717, 1.165) is 15.8 Å². The van der Waals surface area contributed by atoms with Gasteiger partial charge in [0.15, 0.2) is 0 Å². The Kier molecular flexibility index (Phi) is 3.34. The lowest BCUT2D eigenvalue weighted by atomic mass is 9.93. The minimum absolute atomic E-state index is 0.574. The van der Waals surface area contributed by atoms with Crippen molar-refractivity contribution in [1.82, 2.24) is 0 Å². The number of benzene rings is 1. The Morgan fingerprint density at radius 1 is 1.57 bits per heavy atom. The number of ether oxygens (including phenoxy) is 1. The van der Waals surface area contributed by atoms with Gasteiger partial charge in [-0.25, -0.2) is 0 Å². The Balaban J connectivity index is 3.30. The van der Waals surface area contributed by atoms with Gasteiger partial charge in [-0.3, -0.25) is 0 Å². The van der Waals surface area contributed by atoms with E-state index in [1.807, 2.05) is 25.1 Å². The fraction of sp³-hybridized carbons (Fsp3) is 0.273. The molecule has 2 nitrogen and oxygen atoms in total. The molecule has 1 aromatic carbocycles. The molecule has 3 heteroatoms. The van der Waals surface area contributed by atoms with E-state index in [9.17, 15) is 0 Å². The lowest BCUT2D eigenvalue weighted by Crippen LogP contribution is -2.30. The van der Waals surface area contributed by atoms with Crippen LogP contribution in [0.2, 0.25) is 0 Å². The molecule has 0 aromatic heterocycles. The molecule has 1 rings (SSSR count). The van der Waals surface area contributed by atoms with Crippen LogP contribution in [0.25, 0.3) is 0 Å². The highest BCUT2D eigenvalue weighted by atomic mass is 79.9. The molecular weight excluding hydrogens is 242 g/mol. The Bertz CT molecular complexity index is 347. The van der Waals surface area contributed by atoms with Gasteiger partial charge in [-0.15, -0.1) is 6.58 Å². The van der Waals surface area contributed by atoms with Gasteiger partial charge in [-0.05, 0) is 25.1 Å². The Labute approximate surface area is 92.9 Å². The number of hydrogen-bond acceptors (Lipinski definition) is 2. The van der Waals surface area contributed by atoms with E-state index < -0.39 is 5.54 Å². The van der Waals surface area contributed by atoms with Crippen molar-refractivity contribution in [3.8, 4) is 5.75 Å². The molecule has 0 aliphatic heterocycles. The van der Waals surface area contributed by atoms with E-state index in [0.29, 0.717) is 0 Å². The summed E-state index contributed by atoms with van der Waals surface area (Å²) >= 11 is 3.40. The van der Waals surface area contributed by atoms with Crippen molar-refractivity contribution < 1.29 is 4.74 Å². The van der Waals surface area contributed by atoms with Gasteiger partial charge < -0.3 is 10.5 Å². The van der Waals surface area contributed by atoms with Crippen LogP contribution in [0.15, 0.2) is 35.3 Å². The number of halogens is 1. The van der Waals surface area contributed by atoms with Crippen molar-refractivity contribution in [2.45, 2.75) is 12.5 Å². The lowest BCUT2D eigenvalue weighted by Gasteiger charge is -2.23. The van der Waals surface area contributed by atoms with Crippen molar-refractivity contribution in [2.24, 2.45) is 5.73 Å². The minimum atomic E-state index is -0.574. The summed E-state index contributed by atoms with van der Waals surface area (Å²) in [6.45, 7) is 5.61. The SMILES string of the molecule is C=C[C@@](C)(N)c1cc(Br)ccc1OC. The van der Waals surface area contributed by atoms with Gasteiger partial charge in [-0.1, -0.05) is 22.0 Å². The monoisotopic (exact) mass is 255 g/mol. The molecule has 0 bridgehead atoms. The number of nitrogens with two attached hydrogens (primary N) is 1. The topological polar surface area (TPSA) is 35.2 Å². The van der Waals surface area contributed by atoms with Crippen molar-refractivity contribution in [1.29, 1.82) is 0 Å². The maximum atomic E-state index is 6.06. The summed E-state index contributed by atoms with van der Waals surface area (Å²) in [6.07, 6.45) is 1.71. The highest BCUT2D eigenvalue weighted by Gasteiger charge is 2.21.